The van der Waals surface area contributed by atoms with Gasteiger partial charge in [-0.2, -0.15) is 5.10 Å². The molecule has 1 aliphatic carbocycles. The fraction of sp³-hybridized carbons (Fsp3) is 0.353. The average molecular weight is 297 g/mol. The van der Waals surface area contributed by atoms with Crippen LogP contribution >= 0.6 is 0 Å². The number of rotatable bonds is 5. The molecule has 1 N–H and O–H groups in total. The van der Waals surface area contributed by atoms with Gasteiger partial charge in [0.15, 0.2) is 0 Å². The van der Waals surface area contributed by atoms with Crippen LogP contribution in [0.2, 0.25) is 0 Å². The molecule has 114 valence electrons. The third kappa shape index (κ3) is 3.08. The highest BCUT2D eigenvalue weighted by Gasteiger charge is 2.34. The molecule has 1 amide bonds. The Hall–Kier alpha value is -2.43. The molecule has 1 aromatic carbocycles. The van der Waals surface area contributed by atoms with Crippen LogP contribution in [0.25, 0.3) is 0 Å². The molecule has 5 nitrogen and oxygen atoms in total. The first-order valence-electron chi connectivity index (χ1n) is 7.45. The molecule has 1 fully saturated rings. The number of hydrogen-bond acceptors (Lipinski definition) is 3. The van der Waals surface area contributed by atoms with Crippen LogP contribution in [0, 0.1) is 12.8 Å². The Morgan fingerprint density at radius 2 is 1.95 bits per heavy atom. The molecule has 1 saturated carbocycles. The van der Waals surface area contributed by atoms with Crippen LogP contribution in [0.15, 0.2) is 36.7 Å². The van der Waals surface area contributed by atoms with Crippen LogP contribution in [-0.2, 0) is 11.8 Å². The van der Waals surface area contributed by atoms with Crippen LogP contribution in [0.1, 0.15) is 40.4 Å². The zero-order valence-electron chi connectivity index (χ0n) is 12.7. The molecule has 0 radical (unpaired) electrons. The lowest BCUT2D eigenvalue weighted by Gasteiger charge is -2.18. The number of Topliss-reactive ketones (excluding diaryl/α,β-unsaturated/α-hetero) is 1. The molecule has 1 unspecified atom stereocenters. The third-order valence-corrected chi connectivity index (χ3v) is 3.99. The number of carbonyl (C=O) groups is 2. The molecule has 0 spiro atoms. The Morgan fingerprint density at radius 1 is 1.27 bits per heavy atom. The summed E-state index contributed by atoms with van der Waals surface area (Å²) in [6.07, 6.45) is 5.14. The van der Waals surface area contributed by atoms with Gasteiger partial charge in [-0.15, -0.1) is 0 Å². The number of hydrogen-bond donors (Lipinski definition) is 1. The molecule has 0 aliphatic heterocycles. The van der Waals surface area contributed by atoms with E-state index < -0.39 is 11.7 Å². The minimum absolute atomic E-state index is 0.0891. The number of aromatic nitrogens is 2. The van der Waals surface area contributed by atoms with Gasteiger partial charge in [-0.1, -0.05) is 29.8 Å². The van der Waals surface area contributed by atoms with Gasteiger partial charge in [0.1, 0.15) is 0 Å². The Labute approximate surface area is 129 Å². The lowest BCUT2D eigenvalue weighted by atomic mass is 10.0. The van der Waals surface area contributed by atoms with Crippen molar-refractivity contribution in [2.75, 3.05) is 0 Å². The van der Waals surface area contributed by atoms with Crippen LogP contribution < -0.4 is 5.32 Å². The van der Waals surface area contributed by atoms with E-state index in [9.17, 15) is 9.59 Å². The summed E-state index contributed by atoms with van der Waals surface area (Å²) in [5.74, 6) is -0.676. The maximum absolute atomic E-state index is 12.2. The first-order chi connectivity index (χ1) is 10.5. The predicted octanol–water partition coefficient (Wildman–Crippen LogP) is 2.18. The monoisotopic (exact) mass is 297 g/mol. The Morgan fingerprint density at radius 3 is 2.50 bits per heavy atom. The molecule has 0 bridgehead atoms. The van der Waals surface area contributed by atoms with Gasteiger partial charge in [0.05, 0.1) is 17.8 Å². The van der Waals surface area contributed by atoms with E-state index in [1.54, 1.807) is 13.2 Å². The van der Waals surface area contributed by atoms with E-state index in [2.05, 4.69) is 10.4 Å². The van der Waals surface area contributed by atoms with Crippen molar-refractivity contribution in [2.24, 2.45) is 13.0 Å². The molecule has 0 saturated heterocycles. The number of benzene rings is 1. The van der Waals surface area contributed by atoms with Crippen molar-refractivity contribution in [1.29, 1.82) is 0 Å². The molecule has 5 heteroatoms. The summed E-state index contributed by atoms with van der Waals surface area (Å²) in [6.45, 7) is 2.03. The SMILES string of the molecule is Cc1ccc(C(NC(=O)C(=O)c2cnn(C)c2)C2CC2)cc1. The van der Waals surface area contributed by atoms with Crippen molar-refractivity contribution >= 4 is 11.7 Å². The van der Waals surface area contributed by atoms with Crippen molar-refractivity contribution < 1.29 is 9.59 Å². The van der Waals surface area contributed by atoms with Gasteiger partial charge in [-0.25, -0.2) is 0 Å². The van der Waals surface area contributed by atoms with Crippen molar-refractivity contribution in [3.8, 4) is 0 Å². The minimum Gasteiger partial charge on any atom is -0.342 e. The van der Waals surface area contributed by atoms with Crippen molar-refractivity contribution in [2.45, 2.75) is 25.8 Å². The summed E-state index contributed by atoms with van der Waals surface area (Å²) in [4.78, 5) is 24.4. The number of nitrogens with zero attached hydrogens (tertiary/aromatic N) is 2. The maximum Gasteiger partial charge on any atom is 0.293 e. The lowest BCUT2D eigenvalue weighted by molar-refractivity contribution is -0.117. The van der Waals surface area contributed by atoms with E-state index >= 15 is 0 Å². The summed E-state index contributed by atoms with van der Waals surface area (Å²) in [7, 11) is 1.72. The number of amides is 1. The molecular weight excluding hydrogens is 278 g/mol. The fourth-order valence-electron chi connectivity index (χ4n) is 2.55. The van der Waals surface area contributed by atoms with Gasteiger partial charge >= 0.3 is 0 Å². The molecule has 22 heavy (non-hydrogen) atoms. The van der Waals surface area contributed by atoms with E-state index in [4.69, 9.17) is 0 Å². The van der Waals surface area contributed by atoms with E-state index in [1.807, 2.05) is 31.2 Å². The highest BCUT2D eigenvalue weighted by atomic mass is 16.2. The largest absolute Gasteiger partial charge is 0.342 e. The quantitative estimate of drug-likeness (QED) is 0.679. The normalized spacial score (nSPS) is 15.4. The average Bonchev–Trinajstić information content (AvgIpc) is 3.26. The van der Waals surface area contributed by atoms with Gasteiger partial charge < -0.3 is 5.32 Å². The summed E-state index contributed by atoms with van der Waals surface area (Å²) in [5.41, 5.74) is 2.55. The van der Waals surface area contributed by atoms with Crippen LogP contribution in [0.4, 0.5) is 0 Å². The standard InChI is InChI=1S/C17H19N3O2/c1-11-3-5-12(6-4-11)15(13-7-8-13)19-17(22)16(21)14-9-18-20(2)10-14/h3-6,9-10,13,15H,7-8H2,1-2H3,(H,19,22). The second-order valence-electron chi connectivity index (χ2n) is 5.93. The smallest absolute Gasteiger partial charge is 0.293 e. The van der Waals surface area contributed by atoms with Crippen molar-refractivity contribution in [3.63, 3.8) is 0 Å². The van der Waals surface area contributed by atoms with Crippen LogP contribution in [0.3, 0.4) is 0 Å². The second kappa shape index (κ2) is 5.75. The number of nitrogens with one attached hydrogen (secondary N) is 1. The first-order valence-corrected chi connectivity index (χ1v) is 7.45. The maximum atomic E-state index is 12.2. The summed E-state index contributed by atoms with van der Waals surface area (Å²) in [5, 5.41) is 6.83. The van der Waals surface area contributed by atoms with Crippen molar-refractivity contribution in [1.82, 2.24) is 15.1 Å². The molecule has 2 aromatic rings. The van der Waals surface area contributed by atoms with Gasteiger partial charge in [0.2, 0.25) is 0 Å². The number of aryl methyl sites for hydroxylation is 2. The summed E-state index contributed by atoms with van der Waals surface area (Å²) in [6, 6.07) is 8.01. The Balaban J connectivity index is 1.75. The Bertz CT molecular complexity index is 699. The molecule has 1 heterocycles. The number of carbonyl (C=O) groups excluding carboxylic acids is 2. The lowest BCUT2D eigenvalue weighted by Crippen LogP contribution is -2.35. The van der Waals surface area contributed by atoms with E-state index in [0.717, 1.165) is 18.4 Å². The Kier molecular flexibility index (Phi) is 3.79. The van der Waals surface area contributed by atoms with E-state index in [1.165, 1.54) is 16.4 Å². The second-order valence-corrected chi connectivity index (χ2v) is 5.93. The summed E-state index contributed by atoms with van der Waals surface area (Å²) < 4.78 is 1.51. The molecular formula is C17H19N3O2. The predicted molar refractivity (Wildman–Crippen MR) is 82.3 cm³/mol. The van der Waals surface area contributed by atoms with E-state index in [-0.39, 0.29) is 6.04 Å². The van der Waals surface area contributed by atoms with Gasteiger partial charge in [0.25, 0.3) is 11.7 Å². The minimum atomic E-state index is -0.564. The van der Waals surface area contributed by atoms with Gasteiger partial charge in [-0.05, 0) is 31.2 Å². The number of ketones is 1. The topological polar surface area (TPSA) is 64.0 Å². The fourth-order valence-corrected chi connectivity index (χ4v) is 2.55. The molecule has 3 rings (SSSR count). The third-order valence-electron chi connectivity index (χ3n) is 3.99. The van der Waals surface area contributed by atoms with Gasteiger partial charge in [0, 0.05) is 13.2 Å². The highest BCUT2D eigenvalue weighted by Crippen LogP contribution is 2.41. The zero-order valence-corrected chi connectivity index (χ0v) is 12.7. The van der Waals surface area contributed by atoms with Crippen LogP contribution in [0.5, 0.6) is 0 Å². The highest BCUT2D eigenvalue weighted by molar-refractivity contribution is 6.42. The first kappa shape index (κ1) is 14.5. The van der Waals surface area contributed by atoms with Gasteiger partial charge in [-0.3, -0.25) is 14.3 Å². The molecule has 1 aromatic heterocycles. The zero-order chi connectivity index (χ0) is 15.7. The van der Waals surface area contributed by atoms with E-state index in [0.29, 0.717) is 11.5 Å². The summed E-state index contributed by atoms with van der Waals surface area (Å²) >= 11 is 0. The van der Waals surface area contributed by atoms with Crippen molar-refractivity contribution in [3.05, 3.63) is 53.3 Å². The molecule has 1 aliphatic rings. The molecule has 1 atom stereocenters. The van der Waals surface area contributed by atoms with Crippen LogP contribution in [-0.4, -0.2) is 21.5 Å².